The van der Waals surface area contributed by atoms with E-state index >= 15 is 0 Å². The molecule has 14 heavy (non-hydrogen) atoms. The van der Waals surface area contributed by atoms with Crippen LogP contribution in [0.3, 0.4) is 0 Å². The number of halogens is 6. The first-order valence-electron chi connectivity index (χ1n) is 3.00. The van der Waals surface area contributed by atoms with Crippen LogP contribution in [-0.4, -0.2) is 24.1 Å². The van der Waals surface area contributed by atoms with E-state index in [0.717, 1.165) is 7.11 Å². The summed E-state index contributed by atoms with van der Waals surface area (Å²) in [4.78, 5) is 0. The molecule has 0 saturated heterocycles. The van der Waals surface area contributed by atoms with Gasteiger partial charge in [0.2, 0.25) is 0 Å². The summed E-state index contributed by atoms with van der Waals surface area (Å²) >= 11 is 2.71. The second-order valence-corrected chi connectivity index (χ2v) is 2.57. The topological polar surface area (TPSA) is 9.23 Å². The Bertz CT molecular complexity index is 250. The minimum atomic E-state index is -5.14. The van der Waals surface area contributed by atoms with Crippen molar-refractivity contribution in [2.45, 2.75) is 12.4 Å². The number of ether oxygens (including phenoxy) is 1. The van der Waals surface area contributed by atoms with Crippen molar-refractivity contribution >= 4 is 4.60 Å². The maximum atomic E-state index is 12.0. The Morgan fingerprint density at radius 2 is 1.57 bits per heavy atom. The zero-order valence-corrected chi connectivity index (χ0v) is 7.71. The summed E-state index contributed by atoms with van der Waals surface area (Å²) in [5.74, 6) is 0. The van der Waals surface area contributed by atoms with E-state index < -0.39 is 28.6 Å². The number of hydrogen-bond donors (Lipinski definition) is 0. The number of allylic oxidation sites excluding steroid dienone is 1. The molecule has 0 aromatic rings. The molecule has 0 heterocycles. The molecule has 8 heteroatoms. The third-order valence-electron chi connectivity index (χ3n) is 0.993. The van der Waals surface area contributed by atoms with E-state index in [0.29, 0.717) is 0 Å². The van der Waals surface area contributed by atoms with Gasteiger partial charge in [-0.1, -0.05) is 0 Å². The predicted molar refractivity (Wildman–Crippen MR) is 32.2 cm³/mol. The molecule has 1 nitrogen and oxygen atoms in total. The second kappa shape index (κ2) is 4.46. The summed E-state index contributed by atoms with van der Waals surface area (Å²) in [5.41, 5.74) is -1.94. The van der Waals surface area contributed by atoms with Crippen LogP contribution in [-0.2, 0) is 20.3 Å². The van der Waals surface area contributed by atoms with Crippen LogP contribution in [0, 0.1) is 0 Å². The van der Waals surface area contributed by atoms with Crippen LogP contribution in [0.5, 0.6) is 0 Å². The zero-order valence-electron chi connectivity index (χ0n) is 6.61. The molecule has 84 valence electrons. The van der Waals surface area contributed by atoms with Gasteiger partial charge < -0.3 is 0 Å². The molecule has 0 atom stereocenters. The van der Waals surface area contributed by atoms with Crippen molar-refractivity contribution in [1.29, 1.82) is 0 Å². The van der Waals surface area contributed by atoms with Gasteiger partial charge >= 0.3 is 82.4 Å². The predicted octanol–water partition coefficient (Wildman–Crippen LogP) is 2.36. The van der Waals surface area contributed by atoms with Gasteiger partial charge in [0.05, 0.1) is 0 Å². The molecule has 0 aromatic heterocycles. The van der Waals surface area contributed by atoms with Crippen molar-refractivity contribution in [2.24, 2.45) is 0 Å². The van der Waals surface area contributed by atoms with Crippen LogP contribution >= 0.6 is 0 Å². The van der Waals surface area contributed by atoms with Crippen LogP contribution in [0.2, 0.25) is 0 Å². The Labute approximate surface area is 83.1 Å². The fourth-order valence-electron chi connectivity index (χ4n) is 0.518. The Balaban J connectivity index is 5.13. The van der Waals surface area contributed by atoms with E-state index in [-0.39, 0.29) is 0 Å². The van der Waals surface area contributed by atoms with E-state index in [9.17, 15) is 26.3 Å². The van der Waals surface area contributed by atoms with Crippen molar-refractivity contribution < 1.29 is 46.7 Å². The summed E-state index contributed by atoms with van der Waals surface area (Å²) in [6.07, 6.45) is -11.1. The van der Waals surface area contributed by atoms with Gasteiger partial charge in [-0.3, -0.25) is 0 Å². The molecular formula is C6H4F6FeO. The van der Waals surface area contributed by atoms with Crippen molar-refractivity contribution in [3.8, 4) is 0 Å². The summed E-state index contributed by atoms with van der Waals surface area (Å²) in [5, 5.41) is 0. The van der Waals surface area contributed by atoms with Crippen LogP contribution in [0.25, 0.3) is 0 Å². The van der Waals surface area contributed by atoms with Crippen LogP contribution in [0.1, 0.15) is 0 Å². The Morgan fingerprint density at radius 3 is 1.79 bits per heavy atom. The molecule has 0 saturated carbocycles. The summed E-state index contributed by atoms with van der Waals surface area (Å²) < 4.78 is 73.8. The van der Waals surface area contributed by atoms with E-state index in [2.05, 4.69) is 20.3 Å². The Hall–Kier alpha value is -0.331. The number of hydrogen-bond acceptors (Lipinski definition) is 1. The third kappa shape index (κ3) is 4.78. The first-order valence-corrected chi connectivity index (χ1v) is 3.55. The molecule has 0 spiro atoms. The normalized spacial score (nSPS) is 14.4. The van der Waals surface area contributed by atoms with Gasteiger partial charge in [-0.15, -0.1) is 0 Å². The number of rotatable bonds is 2. The molecule has 0 rings (SSSR count). The second-order valence-electron chi connectivity index (χ2n) is 2.06. The summed E-state index contributed by atoms with van der Waals surface area (Å²) in [7, 11) is 0.804. The molecular weight excluding hydrogens is 258 g/mol. The SMILES string of the molecule is CO[C](=[Fe])/C(=C\C(F)(F)F)C(F)(F)F. The average molecular weight is 262 g/mol. The van der Waals surface area contributed by atoms with E-state index in [1.165, 1.54) is 0 Å². The van der Waals surface area contributed by atoms with Crippen molar-refractivity contribution in [3.63, 3.8) is 0 Å². The van der Waals surface area contributed by atoms with Crippen molar-refractivity contribution in [2.75, 3.05) is 7.11 Å². The monoisotopic (exact) mass is 262 g/mol. The van der Waals surface area contributed by atoms with E-state index in [1.807, 2.05) is 0 Å². The van der Waals surface area contributed by atoms with E-state index in [4.69, 9.17) is 0 Å². The number of methoxy groups -OCH3 is 1. The van der Waals surface area contributed by atoms with Gasteiger partial charge in [-0.05, 0) is 0 Å². The van der Waals surface area contributed by atoms with Gasteiger partial charge in [-0.25, -0.2) is 0 Å². The van der Waals surface area contributed by atoms with Gasteiger partial charge in [0.1, 0.15) is 0 Å². The molecule has 0 unspecified atom stereocenters. The van der Waals surface area contributed by atoms with Gasteiger partial charge in [-0.2, -0.15) is 0 Å². The third-order valence-corrected chi connectivity index (χ3v) is 1.52. The Morgan fingerprint density at radius 1 is 1.14 bits per heavy atom. The quantitative estimate of drug-likeness (QED) is 0.548. The zero-order chi connectivity index (χ0) is 11.6. The fourth-order valence-corrected chi connectivity index (χ4v) is 0.755. The van der Waals surface area contributed by atoms with Crippen molar-refractivity contribution in [1.82, 2.24) is 0 Å². The Kier molecular flexibility index (Phi) is 4.35. The molecule has 0 bridgehead atoms. The maximum absolute atomic E-state index is 12.0. The first kappa shape index (κ1) is 13.7. The standard InChI is InChI=1S/C6H4F6O.Fe/c1-13-3-4(6(10,11)12)2-5(7,8)9;/h2H,1H3;/b4-2+;. The molecule has 0 aliphatic carbocycles. The number of alkyl halides is 6. The first-order chi connectivity index (χ1) is 6.08. The van der Waals surface area contributed by atoms with Crippen LogP contribution in [0.4, 0.5) is 26.3 Å². The average Bonchev–Trinajstić information content (AvgIpc) is 1.95. The molecule has 0 aromatic carbocycles. The van der Waals surface area contributed by atoms with Gasteiger partial charge in [0, 0.05) is 0 Å². The summed E-state index contributed by atoms with van der Waals surface area (Å²) in [6.45, 7) is 0. The fraction of sp³-hybridized carbons (Fsp3) is 0.500. The molecule has 0 N–H and O–H groups in total. The van der Waals surface area contributed by atoms with Crippen LogP contribution < -0.4 is 0 Å². The minimum absolute atomic E-state index is 0.804. The molecule has 0 amide bonds. The molecule has 0 aliphatic heterocycles. The molecule has 0 aliphatic rings. The summed E-state index contributed by atoms with van der Waals surface area (Å²) in [6, 6.07) is 0. The van der Waals surface area contributed by atoms with Gasteiger partial charge in [0.25, 0.3) is 0 Å². The van der Waals surface area contributed by atoms with Crippen molar-refractivity contribution in [3.05, 3.63) is 11.6 Å². The van der Waals surface area contributed by atoms with E-state index in [1.54, 1.807) is 0 Å². The van der Waals surface area contributed by atoms with Crippen LogP contribution in [0.15, 0.2) is 11.6 Å². The van der Waals surface area contributed by atoms with Gasteiger partial charge in [0.15, 0.2) is 0 Å². The molecule has 0 fully saturated rings. The molecule has 0 radical (unpaired) electrons.